The molecule has 1 heterocycles. The summed E-state index contributed by atoms with van der Waals surface area (Å²) in [5, 5.41) is 3.90. The minimum atomic E-state index is -2.97. The van der Waals surface area contributed by atoms with E-state index < -0.39 is 9.84 Å². The molecule has 0 aromatic heterocycles. The smallest absolute Gasteiger partial charge is 0.154 e. The van der Waals surface area contributed by atoms with Crippen molar-refractivity contribution in [3.8, 4) is 0 Å². The van der Waals surface area contributed by atoms with Gasteiger partial charge in [0.05, 0.1) is 11.0 Å². The Kier molecular flexibility index (Phi) is 6.08. The van der Waals surface area contributed by atoms with Crippen LogP contribution in [0.25, 0.3) is 0 Å². The minimum Gasteiger partial charge on any atom is -0.312 e. The zero-order chi connectivity index (χ0) is 15.3. The van der Waals surface area contributed by atoms with Gasteiger partial charge in [-0.3, -0.25) is 0 Å². The Morgan fingerprint density at radius 3 is 2.62 bits per heavy atom. The van der Waals surface area contributed by atoms with Crippen LogP contribution in [0, 0.1) is 0 Å². The molecule has 1 aromatic carbocycles. The summed E-state index contributed by atoms with van der Waals surface area (Å²) < 4.78 is 24.7. The van der Waals surface area contributed by atoms with Gasteiger partial charge in [0.25, 0.3) is 0 Å². The number of hydrogen-bond acceptors (Lipinski definition) is 3. The van der Waals surface area contributed by atoms with E-state index in [4.69, 9.17) is 11.6 Å². The summed E-state index contributed by atoms with van der Waals surface area (Å²) in [6, 6.07) is 7.69. The summed E-state index contributed by atoms with van der Waals surface area (Å²) in [5.74, 6) is 0.336. The van der Waals surface area contributed by atoms with Crippen molar-refractivity contribution in [1.82, 2.24) is 5.32 Å². The van der Waals surface area contributed by atoms with Crippen LogP contribution in [-0.4, -0.2) is 32.0 Å². The first-order valence-electron chi connectivity index (χ1n) is 7.72. The maximum atomic E-state index is 12.4. The second-order valence-electron chi connectivity index (χ2n) is 5.79. The molecule has 2 rings (SSSR count). The van der Waals surface area contributed by atoms with Crippen LogP contribution in [0.4, 0.5) is 0 Å². The molecule has 0 radical (unpaired) electrons. The predicted molar refractivity (Wildman–Crippen MR) is 88.7 cm³/mol. The second-order valence-corrected chi connectivity index (χ2v) is 8.57. The average Bonchev–Trinajstić information content (AvgIpc) is 2.45. The molecule has 1 saturated heterocycles. The SMILES string of the molecule is CCCNC(Cc1ccc(Cl)cc1)C1CCCCS1(=O)=O. The van der Waals surface area contributed by atoms with Gasteiger partial charge in [0.15, 0.2) is 9.84 Å². The quantitative estimate of drug-likeness (QED) is 0.871. The van der Waals surface area contributed by atoms with Crippen molar-refractivity contribution < 1.29 is 8.42 Å². The molecule has 2 atom stereocenters. The normalized spacial score (nSPS) is 22.9. The summed E-state index contributed by atoms with van der Waals surface area (Å²) in [6.45, 7) is 2.95. The van der Waals surface area contributed by atoms with E-state index in [0.29, 0.717) is 10.8 Å². The van der Waals surface area contributed by atoms with Gasteiger partial charge >= 0.3 is 0 Å². The van der Waals surface area contributed by atoms with E-state index in [2.05, 4.69) is 12.2 Å². The molecule has 1 aromatic rings. The summed E-state index contributed by atoms with van der Waals surface area (Å²) >= 11 is 5.91. The van der Waals surface area contributed by atoms with E-state index >= 15 is 0 Å². The number of hydrogen-bond donors (Lipinski definition) is 1. The monoisotopic (exact) mass is 329 g/mol. The highest BCUT2D eigenvalue weighted by Gasteiger charge is 2.35. The molecule has 3 nitrogen and oxygen atoms in total. The van der Waals surface area contributed by atoms with E-state index in [1.54, 1.807) is 0 Å². The highest BCUT2D eigenvalue weighted by molar-refractivity contribution is 7.92. The lowest BCUT2D eigenvalue weighted by molar-refractivity contribution is 0.433. The molecule has 21 heavy (non-hydrogen) atoms. The third-order valence-corrected chi connectivity index (χ3v) is 6.70. The highest BCUT2D eigenvalue weighted by atomic mass is 35.5. The summed E-state index contributed by atoms with van der Waals surface area (Å²) in [5.41, 5.74) is 1.13. The van der Waals surface area contributed by atoms with Gasteiger partial charge in [0.1, 0.15) is 0 Å². The van der Waals surface area contributed by atoms with E-state index in [-0.39, 0.29) is 11.3 Å². The fourth-order valence-corrected chi connectivity index (χ4v) is 5.22. The highest BCUT2D eigenvalue weighted by Crippen LogP contribution is 2.24. The molecule has 1 aliphatic rings. The van der Waals surface area contributed by atoms with Crippen molar-refractivity contribution in [2.75, 3.05) is 12.3 Å². The van der Waals surface area contributed by atoms with Crippen molar-refractivity contribution in [3.63, 3.8) is 0 Å². The Morgan fingerprint density at radius 2 is 2.00 bits per heavy atom. The molecule has 1 aliphatic heterocycles. The number of halogens is 1. The van der Waals surface area contributed by atoms with Gasteiger partial charge in [-0.2, -0.15) is 0 Å². The molecule has 5 heteroatoms. The first kappa shape index (κ1) is 16.8. The van der Waals surface area contributed by atoms with Gasteiger partial charge in [-0.15, -0.1) is 0 Å². The van der Waals surface area contributed by atoms with Crippen LogP contribution in [0.1, 0.15) is 38.2 Å². The molecule has 0 spiro atoms. The van der Waals surface area contributed by atoms with Crippen LogP contribution < -0.4 is 5.32 Å². The van der Waals surface area contributed by atoms with Crippen molar-refractivity contribution in [1.29, 1.82) is 0 Å². The lowest BCUT2D eigenvalue weighted by atomic mass is 9.99. The standard InChI is InChI=1S/C16H24ClNO2S/c1-2-10-18-15(12-13-6-8-14(17)9-7-13)16-5-3-4-11-21(16,19)20/h6-9,15-16,18H,2-5,10-12H2,1H3. The molecule has 1 fully saturated rings. The van der Waals surface area contributed by atoms with Crippen LogP contribution >= 0.6 is 11.6 Å². The second kappa shape index (κ2) is 7.61. The van der Waals surface area contributed by atoms with Gasteiger partial charge in [-0.25, -0.2) is 8.42 Å². The zero-order valence-corrected chi connectivity index (χ0v) is 14.1. The van der Waals surface area contributed by atoms with E-state index in [9.17, 15) is 8.42 Å². The van der Waals surface area contributed by atoms with Crippen LogP contribution in [-0.2, 0) is 16.3 Å². The van der Waals surface area contributed by atoms with Gasteiger partial charge in [-0.1, -0.05) is 37.1 Å². The lowest BCUT2D eigenvalue weighted by Crippen LogP contribution is -2.48. The zero-order valence-electron chi connectivity index (χ0n) is 12.5. The number of benzene rings is 1. The van der Waals surface area contributed by atoms with Crippen LogP contribution in [0.5, 0.6) is 0 Å². The Hall–Kier alpha value is -0.580. The van der Waals surface area contributed by atoms with Gasteiger partial charge in [-0.05, 0) is 49.9 Å². The third kappa shape index (κ3) is 4.70. The van der Waals surface area contributed by atoms with Crippen molar-refractivity contribution in [2.24, 2.45) is 0 Å². The molecule has 0 saturated carbocycles. The maximum Gasteiger partial charge on any atom is 0.154 e. The van der Waals surface area contributed by atoms with Gasteiger partial charge < -0.3 is 5.32 Å². The first-order valence-corrected chi connectivity index (χ1v) is 9.81. The van der Waals surface area contributed by atoms with Crippen LogP contribution in [0.3, 0.4) is 0 Å². The number of rotatable bonds is 6. The average molecular weight is 330 g/mol. The van der Waals surface area contributed by atoms with E-state index in [1.165, 1.54) is 0 Å². The molecule has 2 unspecified atom stereocenters. The predicted octanol–water partition coefficient (Wildman–Crippen LogP) is 3.22. The summed E-state index contributed by atoms with van der Waals surface area (Å²) in [4.78, 5) is 0. The Labute approximate surface area is 133 Å². The van der Waals surface area contributed by atoms with Gasteiger partial charge in [0, 0.05) is 11.1 Å². The molecular weight excluding hydrogens is 306 g/mol. The Bertz CT molecular complexity index is 542. The number of nitrogens with one attached hydrogen (secondary N) is 1. The Morgan fingerprint density at radius 1 is 1.29 bits per heavy atom. The lowest BCUT2D eigenvalue weighted by Gasteiger charge is -2.31. The van der Waals surface area contributed by atoms with Crippen LogP contribution in [0.15, 0.2) is 24.3 Å². The number of sulfone groups is 1. The molecule has 1 N–H and O–H groups in total. The van der Waals surface area contributed by atoms with E-state index in [1.807, 2.05) is 24.3 Å². The first-order chi connectivity index (χ1) is 10.0. The van der Waals surface area contributed by atoms with Crippen molar-refractivity contribution in [2.45, 2.75) is 50.3 Å². The summed E-state index contributed by atoms with van der Waals surface area (Å²) in [7, 11) is -2.97. The van der Waals surface area contributed by atoms with Crippen molar-refractivity contribution >= 4 is 21.4 Å². The molecule has 0 bridgehead atoms. The van der Waals surface area contributed by atoms with Crippen molar-refractivity contribution in [3.05, 3.63) is 34.9 Å². The molecule has 0 aliphatic carbocycles. The third-order valence-electron chi connectivity index (χ3n) is 4.10. The van der Waals surface area contributed by atoms with Gasteiger partial charge in [0.2, 0.25) is 0 Å². The Balaban J connectivity index is 2.15. The van der Waals surface area contributed by atoms with Crippen LogP contribution in [0.2, 0.25) is 5.02 Å². The van der Waals surface area contributed by atoms with E-state index in [0.717, 1.165) is 44.2 Å². The molecule has 0 amide bonds. The minimum absolute atomic E-state index is 0.00331. The maximum absolute atomic E-state index is 12.4. The topological polar surface area (TPSA) is 46.2 Å². The summed E-state index contributed by atoms with van der Waals surface area (Å²) in [6.07, 6.45) is 4.33. The largest absolute Gasteiger partial charge is 0.312 e. The molecular formula is C16H24ClNO2S. The fraction of sp³-hybridized carbons (Fsp3) is 0.625. The fourth-order valence-electron chi connectivity index (χ4n) is 2.97. The molecule has 118 valence electrons.